The fourth-order valence-corrected chi connectivity index (χ4v) is 1.35. The Balaban J connectivity index is 3.16. The molecule has 0 fully saturated rings. The zero-order valence-electron chi connectivity index (χ0n) is 8.66. The van der Waals surface area contributed by atoms with Gasteiger partial charge in [-0.1, -0.05) is 18.2 Å². The number of hydrogen-bond acceptors (Lipinski definition) is 3. The SMILES string of the molecule is C=CN(c1ncnc(Cl)c1C)C(C)C. The van der Waals surface area contributed by atoms with E-state index in [2.05, 4.69) is 30.4 Å². The van der Waals surface area contributed by atoms with Crippen LogP contribution in [-0.2, 0) is 0 Å². The van der Waals surface area contributed by atoms with Gasteiger partial charge in [-0.3, -0.25) is 0 Å². The van der Waals surface area contributed by atoms with Crippen LogP contribution in [0.2, 0.25) is 5.15 Å². The standard InChI is InChI=1S/C10H14ClN3/c1-5-14(7(2)3)10-8(4)9(11)12-6-13-10/h5-7H,1H2,2-4H3. The Morgan fingerprint density at radius 1 is 1.50 bits per heavy atom. The van der Waals surface area contributed by atoms with E-state index < -0.39 is 0 Å². The molecule has 0 saturated carbocycles. The van der Waals surface area contributed by atoms with Crippen molar-refractivity contribution in [3.8, 4) is 0 Å². The van der Waals surface area contributed by atoms with E-state index >= 15 is 0 Å². The molecule has 0 aromatic carbocycles. The maximum absolute atomic E-state index is 5.91. The van der Waals surface area contributed by atoms with E-state index in [0.29, 0.717) is 11.2 Å². The molecule has 0 atom stereocenters. The summed E-state index contributed by atoms with van der Waals surface area (Å²) in [4.78, 5) is 10.1. The van der Waals surface area contributed by atoms with Gasteiger partial charge in [-0.15, -0.1) is 0 Å². The lowest BCUT2D eigenvalue weighted by atomic mass is 10.2. The Bertz CT molecular complexity index is 336. The molecule has 4 heteroatoms. The van der Waals surface area contributed by atoms with Crippen LogP contribution in [0.5, 0.6) is 0 Å². The monoisotopic (exact) mass is 211 g/mol. The van der Waals surface area contributed by atoms with E-state index in [1.54, 1.807) is 6.20 Å². The van der Waals surface area contributed by atoms with Gasteiger partial charge in [-0.05, 0) is 27.0 Å². The van der Waals surface area contributed by atoms with Crippen molar-refractivity contribution in [2.45, 2.75) is 26.8 Å². The van der Waals surface area contributed by atoms with Gasteiger partial charge in [-0.25, -0.2) is 9.97 Å². The second-order valence-corrected chi connectivity index (χ2v) is 3.65. The summed E-state index contributed by atoms with van der Waals surface area (Å²) in [6.45, 7) is 9.78. The molecule has 76 valence electrons. The maximum Gasteiger partial charge on any atom is 0.140 e. The van der Waals surface area contributed by atoms with Gasteiger partial charge in [0.15, 0.2) is 0 Å². The van der Waals surface area contributed by atoms with Crippen LogP contribution in [0.3, 0.4) is 0 Å². The Kier molecular flexibility index (Phi) is 3.47. The summed E-state index contributed by atoms with van der Waals surface area (Å²) < 4.78 is 0. The number of rotatable bonds is 3. The summed E-state index contributed by atoms with van der Waals surface area (Å²) in [5.41, 5.74) is 0.878. The molecule has 0 aliphatic heterocycles. The van der Waals surface area contributed by atoms with Gasteiger partial charge >= 0.3 is 0 Å². The minimum absolute atomic E-state index is 0.303. The summed E-state index contributed by atoms with van der Waals surface area (Å²) >= 11 is 5.91. The summed E-state index contributed by atoms with van der Waals surface area (Å²) in [7, 11) is 0. The summed E-state index contributed by atoms with van der Waals surface area (Å²) in [5.74, 6) is 0.815. The average Bonchev–Trinajstić information content (AvgIpc) is 2.13. The van der Waals surface area contributed by atoms with Crippen molar-refractivity contribution in [1.82, 2.24) is 9.97 Å². The number of hydrogen-bond donors (Lipinski definition) is 0. The average molecular weight is 212 g/mol. The fraction of sp³-hybridized carbons (Fsp3) is 0.400. The summed E-state index contributed by atoms with van der Waals surface area (Å²) in [6.07, 6.45) is 3.21. The molecule has 1 heterocycles. The van der Waals surface area contributed by atoms with Gasteiger partial charge in [0.1, 0.15) is 17.3 Å². The molecule has 3 nitrogen and oxygen atoms in total. The van der Waals surface area contributed by atoms with Crippen LogP contribution in [0.4, 0.5) is 5.82 Å². The maximum atomic E-state index is 5.91. The first-order valence-electron chi connectivity index (χ1n) is 4.46. The van der Waals surface area contributed by atoms with E-state index in [9.17, 15) is 0 Å². The van der Waals surface area contributed by atoms with Gasteiger partial charge in [0, 0.05) is 11.6 Å². The third-order valence-corrected chi connectivity index (χ3v) is 2.37. The third-order valence-electron chi connectivity index (χ3n) is 1.99. The molecule has 0 N–H and O–H groups in total. The molecule has 0 unspecified atom stereocenters. The molecule has 1 aromatic heterocycles. The molecule has 0 bridgehead atoms. The van der Waals surface area contributed by atoms with Crippen LogP contribution < -0.4 is 4.90 Å². The molecule has 0 amide bonds. The van der Waals surface area contributed by atoms with Gasteiger partial charge in [-0.2, -0.15) is 0 Å². The predicted molar refractivity (Wildman–Crippen MR) is 59.6 cm³/mol. The van der Waals surface area contributed by atoms with Crippen LogP contribution in [-0.4, -0.2) is 16.0 Å². The Morgan fingerprint density at radius 2 is 2.14 bits per heavy atom. The van der Waals surface area contributed by atoms with E-state index in [1.807, 2.05) is 11.8 Å². The van der Waals surface area contributed by atoms with E-state index in [1.165, 1.54) is 6.33 Å². The Morgan fingerprint density at radius 3 is 2.64 bits per heavy atom. The molecule has 0 saturated heterocycles. The predicted octanol–water partition coefficient (Wildman–Crippen LogP) is 2.80. The van der Waals surface area contributed by atoms with Crippen LogP contribution in [0.25, 0.3) is 0 Å². The highest BCUT2D eigenvalue weighted by Crippen LogP contribution is 2.23. The zero-order valence-corrected chi connectivity index (χ0v) is 9.41. The first kappa shape index (κ1) is 11.0. The van der Waals surface area contributed by atoms with Crippen molar-refractivity contribution >= 4 is 17.4 Å². The Hall–Kier alpha value is -1.09. The fourth-order valence-electron chi connectivity index (χ4n) is 1.22. The van der Waals surface area contributed by atoms with E-state index in [0.717, 1.165) is 11.4 Å². The molecular weight excluding hydrogens is 198 g/mol. The first-order chi connectivity index (χ1) is 6.57. The van der Waals surface area contributed by atoms with Crippen molar-refractivity contribution < 1.29 is 0 Å². The lowest BCUT2D eigenvalue weighted by Gasteiger charge is -2.24. The van der Waals surface area contributed by atoms with Gasteiger partial charge in [0.05, 0.1) is 0 Å². The van der Waals surface area contributed by atoms with E-state index in [-0.39, 0.29) is 0 Å². The quantitative estimate of drug-likeness (QED) is 0.720. The number of aromatic nitrogens is 2. The number of anilines is 1. The van der Waals surface area contributed by atoms with Crippen molar-refractivity contribution in [3.05, 3.63) is 29.8 Å². The number of halogens is 1. The van der Waals surface area contributed by atoms with Gasteiger partial charge < -0.3 is 4.90 Å². The highest BCUT2D eigenvalue weighted by atomic mass is 35.5. The topological polar surface area (TPSA) is 29.0 Å². The highest BCUT2D eigenvalue weighted by molar-refractivity contribution is 6.30. The molecular formula is C10H14ClN3. The van der Waals surface area contributed by atoms with Gasteiger partial charge in [0.25, 0.3) is 0 Å². The van der Waals surface area contributed by atoms with Crippen molar-refractivity contribution in [2.75, 3.05) is 4.90 Å². The summed E-state index contributed by atoms with van der Waals surface area (Å²) in [5, 5.41) is 0.488. The minimum atomic E-state index is 0.303. The van der Waals surface area contributed by atoms with Crippen molar-refractivity contribution in [2.24, 2.45) is 0 Å². The Labute approximate surface area is 89.4 Å². The normalized spacial score (nSPS) is 10.4. The lowest BCUT2D eigenvalue weighted by molar-refractivity contribution is 0.766. The van der Waals surface area contributed by atoms with Crippen LogP contribution in [0.15, 0.2) is 19.1 Å². The molecule has 0 spiro atoms. The van der Waals surface area contributed by atoms with E-state index in [4.69, 9.17) is 11.6 Å². The second-order valence-electron chi connectivity index (χ2n) is 3.30. The van der Waals surface area contributed by atoms with Crippen LogP contribution in [0, 0.1) is 6.92 Å². The summed E-state index contributed by atoms with van der Waals surface area (Å²) in [6, 6.07) is 0.303. The first-order valence-corrected chi connectivity index (χ1v) is 4.83. The molecule has 14 heavy (non-hydrogen) atoms. The largest absolute Gasteiger partial charge is 0.331 e. The molecule has 0 aliphatic rings. The zero-order chi connectivity index (χ0) is 10.7. The lowest BCUT2D eigenvalue weighted by Crippen LogP contribution is -2.26. The molecule has 1 rings (SSSR count). The van der Waals surface area contributed by atoms with Gasteiger partial charge in [0.2, 0.25) is 0 Å². The number of nitrogens with zero attached hydrogens (tertiary/aromatic N) is 3. The smallest absolute Gasteiger partial charge is 0.140 e. The van der Waals surface area contributed by atoms with Crippen LogP contribution in [0.1, 0.15) is 19.4 Å². The highest BCUT2D eigenvalue weighted by Gasteiger charge is 2.13. The molecule has 1 aromatic rings. The minimum Gasteiger partial charge on any atom is -0.331 e. The molecule has 0 radical (unpaired) electrons. The third kappa shape index (κ3) is 2.04. The second kappa shape index (κ2) is 4.42. The molecule has 0 aliphatic carbocycles. The van der Waals surface area contributed by atoms with Crippen molar-refractivity contribution in [1.29, 1.82) is 0 Å². The van der Waals surface area contributed by atoms with Crippen molar-refractivity contribution in [3.63, 3.8) is 0 Å². The van der Waals surface area contributed by atoms with Crippen LogP contribution >= 0.6 is 11.6 Å².